The van der Waals surface area contributed by atoms with Crippen molar-refractivity contribution in [1.82, 2.24) is 5.32 Å². The van der Waals surface area contributed by atoms with E-state index in [1.807, 2.05) is 13.8 Å². The fourth-order valence-corrected chi connectivity index (χ4v) is 1.71. The van der Waals surface area contributed by atoms with Gasteiger partial charge in [0.2, 0.25) is 5.91 Å². The van der Waals surface area contributed by atoms with E-state index < -0.39 is 17.9 Å². The van der Waals surface area contributed by atoms with Crippen molar-refractivity contribution in [3.63, 3.8) is 0 Å². The Balaban J connectivity index is 2.62. The fourth-order valence-electron chi connectivity index (χ4n) is 1.52. The first-order valence-corrected chi connectivity index (χ1v) is 6.14. The van der Waals surface area contributed by atoms with Crippen LogP contribution in [0.15, 0.2) is 24.3 Å². The van der Waals surface area contributed by atoms with Gasteiger partial charge in [-0.25, -0.2) is 0 Å². The van der Waals surface area contributed by atoms with Gasteiger partial charge >= 0.3 is 0 Å². The van der Waals surface area contributed by atoms with Gasteiger partial charge < -0.3 is 5.73 Å². The topological polar surface area (TPSA) is 72.2 Å². The van der Waals surface area contributed by atoms with Crippen molar-refractivity contribution in [3.8, 4) is 0 Å². The van der Waals surface area contributed by atoms with Crippen molar-refractivity contribution < 1.29 is 9.59 Å². The van der Waals surface area contributed by atoms with Gasteiger partial charge in [-0.3, -0.25) is 14.9 Å². The molecule has 0 radical (unpaired) electrons. The van der Waals surface area contributed by atoms with Gasteiger partial charge in [0.25, 0.3) is 5.91 Å². The van der Waals surface area contributed by atoms with Crippen molar-refractivity contribution >= 4 is 23.4 Å². The summed E-state index contributed by atoms with van der Waals surface area (Å²) in [6.45, 7) is 3.93. The molecule has 0 saturated carbocycles. The molecule has 1 rings (SSSR count). The molecule has 0 aromatic heterocycles. The Bertz CT molecular complexity index is 446. The van der Waals surface area contributed by atoms with Crippen LogP contribution < -0.4 is 11.1 Å². The summed E-state index contributed by atoms with van der Waals surface area (Å²) in [6.07, 6.45) is 0.536. The monoisotopic (exact) mass is 268 g/mol. The lowest BCUT2D eigenvalue weighted by Crippen LogP contribution is -2.44. The zero-order chi connectivity index (χ0) is 13.7. The fraction of sp³-hybridized carbons (Fsp3) is 0.385. The summed E-state index contributed by atoms with van der Waals surface area (Å²) in [5, 5.41) is 2.71. The Morgan fingerprint density at radius 1 is 1.39 bits per heavy atom. The van der Waals surface area contributed by atoms with Crippen molar-refractivity contribution in [2.75, 3.05) is 0 Å². The van der Waals surface area contributed by atoms with Crippen LogP contribution in [0.2, 0.25) is 5.02 Å². The highest BCUT2D eigenvalue weighted by Crippen LogP contribution is 2.10. The van der Waals surface area contributed by atoms with E-state index in [-0.39, 0.29) is 0 Å². The van der Waals surface area contributed by atoms with Gasteiger partial charge in [-0.15, -0.1) is 0 Å². The van der Waals surface area contributed by atoms with Crippen molar-refractivity contribution in [1.29, 1.82) is 0 Å². The number of carbonyl (C=O) groups excluding carboxylic acids is 2. The predicted molar refractivity (Wildman–Crippen MR) is 71.4 cm³/mol. The number of carbonyl (C=O) groups is 2. The third-order valence-corrected chi connectivity index (χ3v) is 2.62. The van der Waals surface area contributed by atoms with Crippen molar-refractivity contribution in [3.05, 3.63) is 34.9 Å². The summed E-state index contributed by atoms with van der Waals surface area (Å²) in [7, 11) is 0. The lowest BCUT2D eigenvalue weighted by atomic mass is 10.0. The third-order valence-electron chi connectivity index (χ3n) is 2.39. The average Bonchev–Trinajstić information content (AvgIpc) is 2.27. The van der Waals surface area contributed by atoms with Gasteiger partial charge in [-0.1, -0.05) is 31.5 Å². The molecule has 2 amide bonds. The molecule has 4 nitrogen and oxygen atoms in total. The molecule has 0 fully saturated rings. The molecule has 1 atom stereocenters. The number of rotatable bonds is 4. The SMILES string of the molecule is CC(C)C[C@H](N)C(=O)NC(=O)c1cccc(Cl)c1. The molecule has 5 heteroatoms. The standard InChI is InChI=1S/C13H17ClN2O2/c1-8(2)6-11(15)13(18)16-12(17)9-4-3-5-10(14)7-9/h3-5,7-8,11H,6,15H2,1-2H3,(H,16,17,18)/t11-/m0/s1. The second-order valence-corrected chi connectivity index (χ2v) is 5.00. The number of amides is 2. The van der Waals surface area contributed by atoms with Crippen LogP contribution in [-0.4, -0.2) is 17.9 Å². The molecule has 98 valence electrons. The first-order valence-electron chi connectivity index (χ1n) is 5.76. The summed E-state index contributed by atoms with van der Waals surface area (Å²) in [5.74, 6) is -0.651. The van der Waals surface area contributed by atoms with Crippen LogP contribution in [0.1, 0.15) is 30.6 Å². The summed E-state index contributed by atoms with van der Waals surface area (Å²) in [5.41, 5.74) is 6.02. The van der Waals surface area contributed by atoms with Gasteiger partial charge in [-0.2, -0.15) is 0 Å². The predicted octanol–water partition coefficient (Wildman–Crippen LogP) is 1.97. The van der Waals surface area contributed by atoms with Crippen LogP contribution in [0.4, 0.5) is 0 Å². The summed E-state index contributed by atoms with van der Waals surface area (Å²) in [6, 6.07) is 5.72. The minimum absolute atomic E-state index is 0.298. The van der Waals surface area contributed by atoms with Crippen LogP contribution in [0.25, 0.3) is 0 Å². The molecule has 0 spiro atoms. The molecule has 0 saturated heterocycles. The Labute approximate surface area is 112 Å². The molecule has 0 heterocycles. The summed E-state index contributed by atoms with van der Waals surface area (Å²) < 4.78 is 0. The molecule has 0 aliphatic heterocycles. The van der Waals surface area contributed by atoms with Crippen LogP contribution in [-0.2, 0) is 4.79 Å². The number of nitrogens with one attached hydrogen (secondary N) is 1. The molecule has 18 heavy (non-hydrogen) atoms. The number of imide groups is 1. The second kappa shape index (κ2) is 6.52. The third kappa shape index (κ3) is 4.47. The van der Waals surface area contributed by atoms with Crippen LogP contribution in [0, 0.1) is 5.92 Å². The molecule has 1 aromatic carbocycles. The van der Waals surface area contributed by atoms with E-state index in [4.69, 9.17) is 17.3 Å². The van der Waals surface area contributed by atoms with Crippen molar-refractivity contribution in [2.45, 2.75) is 26.3 Å². The largest absolute Gasteiger partial charge is 0.320 e. The molecular formula is C13H17ClN2O2. The molecule has 0 unspecified atom stereocenters. The molecule has 0 aliphatic rings. The van der Waals surface area contributed by atoms with Gasteiger partial charge in [-0.05, 0) is 30.5 Å². The Kier molecular flexibility index (Phi) is 5.31. The molecular weight excluding hydrogens is 252 g/mol. The van der Waals surface area contributed by atoms with E-state index >= 15 is 0 Å². The quantitative estimate of drug-likeness (QED) is 0.877. The second-order valence-electron chi connectivity index (χ2n) is 4.56. The van der Waals surface area contributed by atoms with E-state index in [0.717, 1.165) is 0 Å². The number of nitrogens with two attached hydrogens (primary N) is 1. The number of hydrogen-bond donors (Lipinski definition) is 2. The minimum atomic E-state index is -0.673. The Hall–Kier alpha value is -1.39. The maximum absolute atomic E-state index is 11.8. The first kappa shape index (κ1) is 14.7. The normalized spacial score (nSPS) is 12.3. The highest BCUT2D eigenvalue weighted by molar-refractivity contribution is 6.31. The Morgan fingerprint density at radius 2 is 2.06 bits per heavy atom. The summed E-state index contributed by atoms with van der Waals surface area (Å²) in [4.78, 5) is 23.4. The van der Waals surface area contributed by atoms with Gasteiger partial charge in [0.05, 0.1) is 6.04 Å². The van der Waals surface area contributed by atoms with Gasteiger partial charge in [0, 0.05) is 10.6 Å². The van der Waals surface area contributed by atoms with Crippen molar-refractivity contribution in [2.24, 2.45) is 11.7 Å². The zero-order valence-corrected chi connectivity index (χ0v) is 11.2. The number of benzene rings is 1. The summed E-state index contributed by atoms with van der Waals surface area (Å²) >= 11 is 5.77. The van der Waals surface area contributed by atoms with E-state index in [0.29, 0.717) is 22.9 Å². The minimum Gasteiger partial charge on any atom is -0.320 e. The van der Waals surface area contributed by atoms with Crippen LogP contribution in [0.3, 0.4) is 0 Å². The molecule has 0 aliphatic carbocycles. The maximum Gasteiger partial charge on any atom is 0.257 e. The molecule has 3 N–H and O–H groups in total. The first-order chi connectivity index (χ1) is 8.40. The molecule has 1 aromatic rings. The highest BCUT2D eigenvalue weighted by Gasteiger charge is 2.18. The molecule has 0 bridgehead atoms. The maximum atomic E-state index is 11.8. The van der Waals surface area contributed by atoms with Crippen LogP contribution in [0.5, 0.6) is 0 Å². The lowest BCUT2D eigenvalue weighted by Gasteiger charge is -2.13. The zero-order valence-electron chi connectivity index (χ0n) is 10.4. The highest BCUT2D eigenvalue weighted by atomic mass is 35.5. The van der Waals surface area contributed by atoms with E-state index in [1.54, 1.807) is 18.2 Å². The van der Waals surface area contributed by atoms with Gasteiger partial charge in [0.1, 0.15) is 0 Å². The van der Waals surface area contributed by atoms with E-state index in [1.165, 1.54) is 6.07 Å². The van der Waals surface area contributed by atoms with Crippen LogP contribution >= 0.6 is 11.6 Å². The number of halogens is 1. The van der Waals surface area contributed by atoms with Gasteiger partial charge in [0.15, 0.2) is 0 Å². The lowest BCUT2D eigenvalue weighted by molar-refractivity contribution is -0.121. The smallest absolute Gasteiger partial charge is 0.257 e. The Morgan fingerprint density at radius 3 is 2.61 bits per heavy atom. The number of hydrogen-bond acceptors (Lipinski definition) is 3. The average molecular weight is 269 g/mol. The van der Waals surface area contributed by atoms with E-state index in [9.17, 15) is 9.59 Å². The van der Waals surface area contributed by atoms with E-state index in [2.05, 4.69) is 5.32 Å².